The van der Waals surface area contributed by atoms with Crippen molar-refractivity contribution in [1.82, 2.24) is 4.90 Å². The fourth-order valence-electron chi connectivity index (χ4n) is 1.22. The number of nitrogens with zero attached hydrogens (tertiary/aromatic N) is 1. The molecule has 0 aliphatic rings. The van der Waals surface area contributed by atoms with Gasteiger partial charge in [-0.15, -0.1) is 11.6 Å². The maximum Gasteiger partial charge on any atom is 0.0223 e. The Bertz CT molecular complexity index is 106. The smallest absolute Gasteiger partial charge is 0.0223 e. The molecule has 16 heavy (non-hydrogen) atoms. The number of rotatable bonds is 9. The molecular formula is C13H29BrClN. The van der Waals surface area contributed by atoms with Crippen LogP contribution in [0.3, 0.4) is 0 Å². The third-order valence-electron chi connectivity index (χ3n) is 2.23. The second-order valence-corrected chi connectivity index (χ2v) is 5.47. The first-order chi connectivity index (χ1) is 7.68. The first-order valence-corrected chi connectivity index (χ1v) is 8.11. The van der Waals surface area contributed by atoms with Crippen LogP contribution in [-0.2, 0) is 0 Å². The van der Waals surface area contributed by atoms with E-state index in [1.165, 1.54) is 45.1 Å². The number of alkyl halides is 2. The molecule has 0 aliphatic carbocycles. The first-order valence-electron chi connectivity index (χ1n) is 6.45. The molecule has 0 N–H and O–H groups in total. The number of halogens is 2. The second kappa shape index (κ2) is 18.1. The normalized spacial score (nSPS) is 10.1. The van der Waals surface area contributed by atoms with Gasteiger partial charge in [0, 0.05) is 11.2 Å². The first kappa shape index (κ1) is 19.1. The van der Waals surface area contributed by atoms with Crippen LogP contribution in [0.25, 0.3) is 0 Å². The van der Waals surface area contributed by atoms with E-state index in [4.69, 9.17) is 11.6 Å². The average Bonchev–Trinajstić information content (AvgIpc) is 2.26. The van der Waals surface area contributed by atoms with Gasteiger partial charge in [-0.25, -0.2) is 0 Å². The molecular weight excluding hydrogens is 286 g/mol. The van der Waals surface area contributed by atoms with Gasteiger partial charge in [0.05, 0.1) is 0 Å². The summed E-state index contributed by atoms with van der Waals surface area (Å²) in [5.74, 6) is 0.797. The minimum absolute atomic E-state index is 0.797. The van der Waals surface area contributed by atoms with Gasteiger partial charge in [-0.2, -0.15) is 0 Å². The van der Waals surface area contributed by atoms with Crippen LogP contribution in [0.15, 0.2) is 0 Å². The third kappa shape index (κ3) is 24.1. The zero-order valence-electron chi connectivity index (χ0n) is 11.3. The molecule has 100 valence electrons. The Morgan fingerprint density at radius 3 is 1.94 bits per heavy atom. The van der Waals surface area contributed by atoms with E-state index in [1.807, 2.05) is 0 Å². The van der Waals surface area contributed by atoms with Gasteiger partial charge in [0.1, 0.15) is 0 Å². The zero-order valence-corrected chi connectivity index (χ0v) is 13.6. The highest BCUT2D eigenvalue weighted by Crippen LogP contribution is 2.02. The molecule has 0 saturated carbocycles. The Morgan fingerprint density at radius 2 is 1.56 bits per heavy atom. The fourth-order valence-corrected chi connectivity index (χ4v) is 1.81. The Balaban J connectivity index is 0. The molecule has 0 fully saturated rings. The van der Waals surface area contributed by atoms with Crippen molar-refractivity contribution in [2.75, 3.05) is 31.9 Å². The van der Waals surface area contributed by atoms with E-state index in [1.54, 1.807) is 0 Å². The highest BCUT2D eigenvalue weighted by Gasteiger charge is 1.89. The largest absolute Gasteiger partial charge is 0.309 e. The van der Waals surface area contributed by atoms with Crippen molar-refractivity contribution in [3.8, 4) is 0 Å². The van der Waals surface area contributed by atoms with Crippen molar-refractivity contribution in [3.05, 3.63) is 0 Å². The molecule has 0 aromatic rings. The Kier molecular flexibility index (Phi) is 21.6. The molecule has 0 aromatic carbocycles. The van der Waals surface area contributed by atoms with E-state index in [0.29, 0.717) is 0 Å². The predicted octanol–water partition coefficient (Wildman–Crippen LogP) is 4.92. The molecule has 3 heteroatoms. The summed E-state index contributed by atoms with van der Waals surface area (Å²) in [5, 5.41) is 1.08. The Labute approximate surface area is 116 Å². The van der Waals surface area contributed by atoms with Crippen LogP contribution in [0.5, 0.6) is 0 Å². The van der Waals surface area contributed by atoms with Crippen molar-refractivity contribution >= 4 is 27.5 Å². The van der Waals surface area contributed by atoms with Gasteiger partial charge in [-0.1, -0.05) is 48.5 Å². The molecule has 0 bridgehead atoms. The summed E-state index contributed by atoms with van der Waals surface area (Å²) < 4.78 is 0. The van der Waals surface area contributed by atoms with Crippen LogP contribution < -0.4 is 0 Å². The SMILES string of the molecule is CCCCCCCN(C)C.ClCCCCBr. The summed E-state index contributed by atoms with van der Waals surface area (Å²) in [5.41, 5.74) is 0. The summed E-state index contributed by atoms with van der Waals surface area (Å²) >= 11 is 8.65. The summed E-state index contributed by atoms with van der Waals surface area (Å²) in [6.07, 6.45) is 9.29. The van der Waals surface area contributed by atoms with E-state index >= 15 is 0 Å². The van der Waals surface area contributed by atoms with Gasteiger partial charge < -0.3 is 4.90 Å². The molecule has 0 atom stereocenters. The molecule has 0 rings (SSSR count). The minimum Gasteiger partial charge on any atom is -0.309 e. The molecule has 1 nitrogen and oxygen atoms in total. The quantitative estimate of drug-likeness (QED) is 0.431. The molecule has 0 aliphatic heterocycles. The van der Waals surface area contributed by atoms with Gasteiger partial charge in [-0.3, -0.25) is 0 Å². The van der Waals surface area contributed by atoms with Gasteiger partial charge in [0.15, 0.2) is 0 Å². The highest BCUT2D eigenvalue weighted by molar-refractivity contribution is 9.09. The van der Waals surface area contributed by atoms with Crippen LogP contribution in [0.2, 0.25) is 0 Å². The van der Waals surface area contributed by atoms with Gasteiger partial charge in [-0.05, 0) is 39.9 Å². The van der Waals surface area contributed by atoms with Crippen LogP contribution in [0.1, 0.15) is 51.9 Å². The molecule has 0 saturated heterocycles. The maximum absolute atomic E-state index is 5.36. The fraction of sp³-hybridized carbons (Fsp3) is 1.00. The Hall–Kier alpha value is 0.730. The predicted molar refractivity (Wildman–Crippen MR) is 81.1 cm³/mol. The standard InChI is InChI=1S/C9H21N.C4H8BrCl/c1-4-5-6-7-8-9-10(2)3;5-3-1-2-4-6/h4-9H2,1-3H3;1-4H2. The molecule has 0 spiro atoms. The van der Waals surface area contributed by atoms with E-state index in [9.17, 15) is 0 Å². The van der Waals surface area contributed by atoms with Crippen LogP contribution in [0, 0.1) is 0 Å². The van der Waals surface area contributed by atoms with Crippen molar-refractivity contribution < 1.29 is 0 Å². The van der Waals surface area contributed by atoms with E-state index < -0.39 is 0 Å². The summed E-state index contributed by atoms with van der Waals surface area (Å²) in [6, 6.07) is 0. The summed E-state index contributed by atoms with van der Waals surface area (Å²) in [7, 11) is 4.28. The maximum atomic E-state index is 5.36. The van der Waals surface area contributed by atoms with Crippen molar-refractivity contribution in [3.63, 3.8) is 0 Å². The highest BCUT2D eigenvalue weighted by atomic mass is 79.9. The monoisotopic (exact) mass is 313 g/mol. The van der Waals surface area contributed by atoms with E-state index in [-0.39, 0.29) is 0 Å². The zero-order chi connectivity index (χ0) is 12.6. The summed E-state index contributed by atoms with van der Waals surface area (Å²) in [6.45, 7) is 3.51. The van der Waals surface area contributed by atoms with Gasteiger partial charge in [0.25, 0.3) is 0 Å². The van der Waals surface area contributed by atoms with E-state index in [2.05, 4.69) is 41.8 Å². The van der Waals surface area contributed by atoms with Crippen molar-refractivity contribution in [1.29, 1.82) is 0 Å². The lowest BCUT2D eigenvalue weighted by atomic mass is 10.1. The lowest BCUT2D eigenvalue weighted by Gasteiger charge is -2.07. The number of unbranched alkanes of at least 4 members (excludes halogenated alkanes) is 5. The van der Waals surface area contributed by atoms with Crippen LogP contribution in [0.4, 0.5) is 0 Å². The third-order valence-corrected chi connectivity index (χ3v) is 3.05. The molecule has 0 radical (unpaired) electrons. The average molecular weight is 315 g/mol. The Morgan fingerprint density at radius 1 is 0.938 bits per heavy atom. The topological polar surface area (TPSA) is 3.24 Å². The second-order valence-electron chi connectivity index (χ2n) is 4.30. The summed E-state index contributed by atoms with van der Waals surface area (Å²) in [4.78, 5) is 2.26. The van der Waals surface area contributed by atoms with Gasteiger partial charge >= 0.3 is 0 Å². The molecule has 0 amide bonds. The minimum atomic E-state index is 0.797. The number of hydrogen-bond donors (Lipinski definition) is 0. The lowest BCUT2D eigenvalue weighted by molar-refractivity contribution is 0.390. The van der Waals surface area contributed by atoms with Crippen LogP contribution >= 0.6 is 27.5 Å². The molecule has 0 aromatic heterocycles. The van der Waals surface area contributed by atoms with Crippen molar-refractivity contribution in [2.45, 2.75) is 51.9 Å². The van der Waals surface area contributed by atoms with Gasteiger partial charge in [0.2, 0.25) is 0 Å². The van der Waals surface area contributed by atoms with E-state index in [0.717, 1.165) is 17.6 Å². The molecule has 0 heterocycles. The molecule has 0 unspecified atom stereocenters. The lowest BCUT2D eigenvalue weighted by Crippen LogP contribution is -2.12. The van der Waals surface area contributed by atoms with Crippen molar-refractivity contribution in [2.24, 2.45) is 0 Å². The van der Waals surface area contributed by atoms with Crippen LogP contribution in [-0.4, -0.2) is 36.8 Å². The number of hydrogen-bond acceptors (Lipinski definition) is 1.